The van der Waals surface area contributed by atoms with Crippen LogP contribution in [-0.4, -0.2) is 18.9 Å². The fraction of sp³-hybridized carbons (Fsp3) is 0.188. The van der Waals surface area contributed by atoms with Gasteiger partial charge in [-0.15, -0.1) is 13.2 Å². The van der Waals surface area contributed by atoms with E-state index < -0.39 is 12.2 Å². The highest BCUT2D eigenvalue weighted by Gasteiger charge is 2.30. The zero-order valence-corrected chi connectivity index (χ0v) is 12.3. The van der Waals surface area contributed by atoms with Crippen LogP contribution >= 0.6 is 0 Å². The minimum Gasteiger partial charge on any atom is -0.493 e. The summed E-state index contributed by atoms with van der Waals surface area (Å²) in [6.45, 7) is 0.0761. The van der Waals surface area contributed by atoms with E-state index in [4.69, 9.17) is 4.74 Å². The highest BCUT2D eigenvalue weighted by Crippen LogP contribution is 2.24. The Hall–Kier alpha value is -2.77. The van der Waals surface area contributed by atoms with Gasteiger partial charge in [-0.1, -0.05) is 0 Å². The second-order valence-electron chi connectivity index (χ2n) is 4.67. The Morgan fingerprint density at radius 3 is 2.12 bits per heavy atom. The lowest BCUT2D eigenvalue weighted by atomic mass is 10.3. The molecule has 0 aliphatic carbocycles. The van der Waals surface area contributed by atoms with Crippen LogP contribution in [-0.2, 0) is 4.79 Å². The van der Waals surface area contributed by atoms with Crippen molar-refractivity contribution in [3.63, 3.8) is 0 Å². The smallest absolute Gasteiger partial charge is 0.493 e. The van der Waals surface area contributed by atoms with E-state index in [0.29, 0.717) is 11.4 Å². The average molecular weight is 343 g/mol. The molecule has 0 saturated heterocycles. The number of carbonyl (C=O) groups excluding carboxylic acids is 1. The summed E-state index contributed by atoms with van der Waals surface area (Å²) >= 11 is 0. The van der Waals surface area contributed by atoms with Gasteiger partial charge in [-0.2, -0.15) is 0 Å². The molecule has 0 saturated carbocycles. The summed E-state index contributed by atoms with van der Waals surface area (Å²) < 4.78 is 57.8. The number of amides is 1. The van der Waals surface area contributed by atoms with Crippen LogP contribution in [0, 0.1) is 5.82 Å². The van der Waals surface area contributed by atoms with Gasteiger partial charge in [-0.3, -0.25) is 4.79 Å². The Kier molecular flexibility index (Phi) is 5.62. The molecular formula is C16H13F4NO3. The molecule has 0 atom stereocenters. The lowest BCUT2D eigenvalue weighted by Crippen LogP contribution is -2.17. The van der Waals surface area contributed by atoms with Crippen molar-refractivity contribution in [2.75, 3.05) is 11.9 Å². The third kappa shape index (κ3) is 6.15. The zero-order chi connectivity index (χ0) is 17.6. The number of rotatable bonds is 6. The van der Waals surface area contributed by atoms with Crippen molar-refractivity contribution in [1.82, 2.24) is 0 Å². The molecule has 1 N–H and O–H groups in total. The number of hydrogen-bond acceptors (Lipinski definition) is 3. The van der Waals surface area contributed by atoms with Crippen molar-refractivity contribution in [3.05, 3.63) is 54.3 Å². The molecule has 2 rings (SSSR count). The first-order valence-corrected chi connectivity index (χ1v) is 6.86. The molecule has 0 aliphatic heterocycles. The van der Waals surface area contributed by atoms with Crippen LogP contribution in [0.5, 0.6) is 11.5 Å². The van der Waals surface area contributed by atoms with E-state index in [1.54, 1.807) is 0 Å². The van der Waals surface area contributed by atoms with Crippen molar-refractivity contribution >= 4 is 11.6 Å². The number of carbonyl (C=O) groups is 1. The molecule has 0 fully saturated rings. The molecule has 2 aromatic rings. The summed E-state index contributed by atoms with van der Waals surface area (Å²) in [7, 11) is 0. The highest BCUT2D eigenvalue weighted by atomic mass is 19.4. The average Bonchev–Trinajstić information content (AvgIpc) is 2.50. The van der Waals surface area contributed by atoms with Crippen LogP contribution in [0.15, 0.2) is 48.5 Å². The summed E-state index contributed by atoms with van der Waals surface area (Å²) in [6.07, 6.45) is -4.74. The largest absolute Gasteiger partial charge is 0.573 e. The molecule has 0 aromatic heterocycles. The second-order valence-corrected chi connectivity index (χ2v) is 4.67. The first kappa shape index (κ1) is 17.6. The molecule has 0 heterocycles. The van der Waals surface area contributed by atoms with E-state index in [9.17, 15) is 22.4 Å². The highest BCUT2D eigenvalue weighted by molar-refractivity contribution is 5.90. The van der Waals surface area contributed by atoms with E-state index in [2.05, 4.69) is 10.1 Å². The van der Waals surface area contributed by atoms with Gasteiger partial charge in [-0.05, 0) is 48.5 Å². The minimum absolute atomic E-state index is 0.0260. The van der Waals surface area contributed by atoms with Gasteiger partial charge in [0, 0.05) is 5.69 Å². The first-order valence-electron chi connectivity index (χ1n) is 6.86. The summed E-state index contributed by atoms with van der Waals surface area (Å²) in [6, 6.07) is 10.1. The number of nitrogens with one attached hydrogen (secondary N) is 1. The lowest BCUT2D eigenvalue weighted by molar-refractivity contribution is -0.274. The number of halogens is 4. The van der Waals surface area contributed by atoms with Crippen LogP contribution in [0.3, 0.4) is 0 Å². The molecule has 0 aliphatic rings. The van der Waals surface area contributed by atoms with Gasteiger partial charge in [0.25, 0.3) is 0 Å². The fourth-order valence-electron chi connectivity index (χ4n) is 1.76. The van der Waals surface area contributed by atoms with Gasteiger partial charge in [0.1, 0.15) is 17.3 Å². The Morgan fingerprint density at radius 1 is 0.958 bits per heavy atom. The van der Waals surface area contributed by atoms with Gasteiger partial charge in [0.05, 0.1) is 13.0 Å². The third-order valence-electron chi connectivity index (χ3n) is 2.78. The normalized spacial score (nSPS) is 11.0. The summed E-state index contributed by atoms with van der Waals surface area (Å²) in [5, 5.41) is 2.51. The van der Waals surface area contributed by atoms with Crippen LogP contribution in [0.4, 0.5) is 23.2 Å². The molecule has 1 amide bonds. The van der Waals surface area contributed by atoms with Crippen molar-refractivity contribution in [1.29, 1.82) is 0 Å². The second kappa shape index (κ2) is 7.67. The molecule has 8 heteroatoms. The predicted molar refractivity (Wildman–Crippen MR) is 78.3 cm³/mol. The summed E-state index contributed by atoms with van der Waals surface area (Å²) in [5.41, 5.74) is 0.330. The van der Waals surface area contributed by atoms with E-state index in [1.165, 1.54) is 36.4 Å². The quantitative estimate of drug-likeness (QED) is 0.802. The lowest BCUT2D eigenvalue weighted by Gasteiger charge is -2.10. The molecule has 4 nitrogen and oxygen atoms in total. The monoisotopic (exact) mass is 343 g/mol. The number of benzene rings is 2. The van der Waals surface area contributed by atoms with Crippen LogP contribution < -0.4 is 14.8 Å². The molecule has 0 spiro atoms. The standard InChI is InChI=1S/C16H13F4NO3/c17-11-1-5-13(6-2-11)23-10-9-15(22)21-12-3-7-14(8-4-12)24-16(18,19)20/h1-8H,9-10H2,(H,21,22). The zero-order valence-electron chi connectivity index (χ0n) is 12.3. The Bertz CT molecular complexity index is 669. The Morgan fingerprint density at radius 2 is 1.54 bits per heavy atom. The Labute approximate surface area is 135 Å². The van der Waals surface area contributed by atoms with Crippen molar-refractivity contribution in [2.45, 2.75) is 12.8 Å². The first-order chi connectivity index (χ1) is 11.3. The van der Waals surface area contributed by atoms with Gasteiger partial charge < -0.3 is 14.8 Å². The van der Waals surface area contributed by atoms with Gasteiger partial charge in [-0.25, -0.2) is 4.39 Å². The van der Waals surface area contributed by atoms with Crippen LogP contribution in [0.1, 0.15) is 6.42 Å². The maximum atomic E-state index is 12.7. The summed E-state index contributed by atoms with van der Waals surface area (Å²) in [5.74, 6) is -0.711. The topological polar surface area (TPSA) is 47.6 Å². The number of ether oxygens (including phenoxy) is 2. The molecular weight excluding hydrogens is 330 g/mol. The van der Waals surface area contributed by atoms with Crippen molar-refractivity contribution < 1.29 is 31.8 Å². The molecule has 0 unspecified atom stereocenters. The van der Waals surface area contributed by atoms with Gasteiger partial charge in [0.2, 0.25) is 5.91 Å². The number of anilines is 1. The molecule has 0 bridgehead atoms. The fourth-order valence-corrected chi connectivity index (χ4v) is 1.76. The molecule has 2 aromatic carbocycles. The van der Waals surface area contributed by atoms with E-state index in [1.807, 2.05) is 0 Å². The maximum absolute atomic E-state index is 12.7. The SMILES string of the molecule is O=C(CCOc1ccc(F)cc1)Nc1ccc(OC(F)(F)F)cc1. The minimum atomic E-state index is -4.76. The number of hydrogen-bond donors (Lipinski definition) is 1. The van der Waals surface area contributed by atoms with Crippen molar-refractivity contribution in [2.24, 2.45) is 0 Å². The predicted octanol–water partition coefficient (Wildman–Crippen LogP) is 4.13. The third-order valence-corrected chi connectivity index (χ3v) is 2.78. The molecule has 128 valence electrons. The van der Waals surface area contributed by atoms with E-state index in [-0.39, 0.29) is 24.7 Å². The van der Waals surface area contributed by atoms with Crippen LogP contribution in [0.25, 0.3) is 0 Å². The van der Waals surface area contributed by atoms with Gasteiger partial charge >= 0.3 is 6.36 Å². The maximum Gasteiger partial charge on any atom is 0.573 e. The number of alkyl halides is 3. The Balaban J connectivity index is 1.76. The van der Waals surface area contributed by atoms with E-state index >= 15 is 0 Å². The van der Waals surface area contributed by atoms with E-state index in [0.717, 1.165) is 12.1 Å². The molecule has 24 heavy (non-hydrogen) atoms. The van der Waals surface area contributed by atoms with Crippen molar-refractivity contribution in [3.8, 4) is 11.5 Å². The van der Waals surface area contributed by atoms with Crippen LogP contribution in [0.2, 0.25) is 0 Å². The van der Waals surface area contributed by atoms with Gasteiger partial charge in [0.15, 0.2) is 0 Å². The summed E-state index contributed by atoms with van der Waals surface area (Å²) in [4.78, 5) is 11.7. The molecule has 0 radical (unpaired) electrons.